The van der Waals surface area contributed by atoms with Crippen LogP contribution < -0.4 is 5.73 Å². The molecule has 7 nitrogen and oxygen atoms in total. The van der Waals surface area contributed by atoms with Gasteiger partial charge < -0.3 is 15.5 Å². The first kappa shape index (κ1) is 10.6. The first-order valence-corrected chi connectivity index (χ1v) is 4.94. The highest BCUT2D eigenvalue weighted by Gasteiger charge is 2.14. The minimum Gasteiger partial charge on any atom is -0.449 e. The van der Waals surface area contributed by atoms with E-state index >= 15 is 0 Å². The zero-order valence-corrected chi connectivity index (χ0v) is 9.24. The lowest BCUT2D eigenvalue weighted by atomic mass is 10.5. The molecule has 0 aromatic carbocycles. The van der Waals surface area contributed by atoms with Gasteiger partial charge in [0.2, 0.25) is 4.77 Å². The second-order valence-electron chi connectivity index (χ2n) is 2.92. The summed E-state index contributed by atoms with van der Waals surface area (Å²) in [5.74, 6) is 0.144. The maximum Gasteiger partial charge on any atom is 0.422 e. The van der Waals surface area contributed by atoms with Crippen molar-refractivity contribution < 1.29 is 9.53 Å². The minimum atomic E-state index is -0.644. The van der Waals surface area contributed by atoms with Crippen LogP contribution in [0.2, 0.25) is 0 Å². The largest absolute Gasteiger partial charge is 0.449 e. The van der Waals surface area contributed by atoms with Crippen molar-refractivity contribution in [2.45, 2.75) is 6.92 Å². The van der Waals surface area contributed by atoms with Crippen LogP contribution in [0.1, 0.15) is 6.92 Å². The predicted molar refractivity (Wildman–Crippen MR) is 59.5 cm³/mol. The van der Waals surface area contributed by atoms with Gasteiger partial charge in [-0.05, 0) is 19.1 Å². The number of ether oxygens (including phenoxy) is 1. The summed E-state index contributed by atoms with van der Waals surface area (Å²) in [6.07, 6.45) is 0.784. The lowest BCUT2D eigenvalue weighted by Crippen LogP contribution is -2.19. The van der Waals surface area contributed by atoms with Gasteiger partial charge in [0, 0.05) is 0 Å². The summed E-state index contributed by atoms with van der Waals surface area (Å²) in [5.41, 5.74) is 6.62. The minimum absolute atomic E-state index is 0.0237. The third kappa shape index (κ3) is 1.52. The smallest absolute Gasteiger partial charge is 0.422 e. The number of aromatic nitrogens is 4. The van der Waals surface area contributed by atoms with E-state index in [2.05, 4.69) is 15.0 Å². The fraction of sp³-hybridized carbons (Fsp3) is 0.250. The average molecular weight is 239 g/mol. The van der Waals surface area contributed by atoms with Crippen molar-refractivity contribution in [3.8, 4) is 0 Å². The van der Waals surface area contributed by atoms with Gasteiger partial charge >= 0.3 is 6.09 Å². The standard InChI is InChI=1S/C8H9N5O2S/c1-2-15-8(14)13-5(9)4-6(11-3-10-4)12-7(13)16/h3H,2,9H2,1H3,(H,10,11,12,16). The van der Waals surface area contributed by atoms with Gasteiger partial charge in [0.05, 0.1) is 12.9 Å². The van der Waals surface area contributed by atoms with Gasteiger partial charge in [-0.2, -0.15) is 4.98 Å². The van der Waals surface area contributed by atoms with E-state index in [1.165, 1.54) is 6.33 Å². The van der Waals surface area contributed by atoms with Crippen LogP contribution in [-0.2, 0) is 4.74 Å². The number of anilines is 1. The van der Waals surface area contributed by atoms with Crippen LogP contribution in [0.3, 0.4) is 0 Å². The Morgan fingerprint density at radius 1 is 1.75 bits per heavy atom. The Bertz CT molecular complexity index is 602. The van der Waals surface area contributed by atoms with Crippen LogP contribution in [0.5, 0.6) is 0 Å². The molecule has 2 rings (SSSR count). The number of hydrogen-bond acceptors (Lipinski definition) is 6. The van der Waals surface area contributed by atoms with Crippen LogP contribution in [0, 0.1) is 4.77 Å². The number of imidazole rings is 1. The van der Waals surface area contributed by atoms with E-state index in [0.29, 0.717) is 11.2 Å². The molecule has 0 saturated heterocycles. The Labute approximate surface area is 95.3 Å². The fourth-order valence-electron chi connectivity index (χ4n) is 1.28. The number of aromatic amines is 1. The van der Waals surface area contributed by atoms with Crippen molar-refractivity contribution in [2.24, 2.45) is 0 Å². The number of nitrogens with one attached hydrogen (secondary N) is 1. The summed E-state index contributed by atoms with van der Waals surface area (Å²) in [5, 5.41) is 0. The van der Waals surface area contributed by atoms with Gasteiger partial charge in [-0.1, -0.05) is 0 Å². The quantitative estimate of drug-likeness (QED) is 0.722. The van der Waals surface area contributed by atoms with Crippen LogP contribution in [0.25, 0.3) is 11.2 Å². The number of hydrogen-bond donors (Lipinski definition) is 2. The monoisotopic (exact) mass is 239 g/mol. The molecule has 0 radical (unpaired) electrons. The number of nitrogen functional groups attached to an aromatic ring is 1. The Hall–Kier alpha value is -1.96. The van der Waals surface area contributed by atoms with Gasteiger partial charge in [0.1, 0.15) is 11.3 Å². The Balaban J connectivity index is 2.68. The summed E-state index contributed by atoms with van der Waals surface area (Å²) in [6, 6.07) is 0. The topological polar surface area (TPSA) is 98.8 Å². The molecular weight excluding hydrogens is 230 g/mol. The van der Waals surface area contributed by atoms with Crippen molar-refractivity contribution in [2.75, 3.05) is 12.3 Å². The molecular formula is C8H9N5O2S. The molecule has 2 heterocycles. The summed E-state index contributed by atoms with van der Waals surface area (Å²) in [4.78, 5) is 22.2. The molecule has 2 aromatic rings. The summed E-state index contributed by atoms with van der Waals surface area (Å²) in [7, 11) is 0. The zero-order chi connectivity index (χ0) is 11.7. The molecule has 0 atom stereocenters. The number of carbonyl (C=O) groups is 1. The highest BCUT2D eigenvalue weighted by atomic mass is 32.1. The maximum absolute atomic E-state index is 11.6. The molecule has 0 amide bonds. The fourth-order valence-corrected chi connectivity index (χ4v) is 1.54. The zero-order valence-electron chi connectivity index (χ0n) is 8.43. The number of fused-ring (bicyclic) bond motifs is 1. The van der Waals surface area contributed by atoms with E-state index in [1.807, 2.05) is 0 Å². The van der Waals surface area contributed by atoms with Crippen molar-refractivity contribution in [1.29, 1.82) is 0 Å². The van der Waals surface area contributed by atoms with E-state index in [1.54, 1.807) is 6.92 Å². The molecule has 0 saturated carbocycles. The normalized spacial score (nSPS) is 10.6. The van der Waals surface area contributed by atoms with E-state index in [-0.39, 0.29) is 17.2 Å². The number of H-pyrrole nitrogens is 1. The summed E-state index contributed by atoms with van der Waals surface area (Å²) >= 11 is 4.94. The third-order valence-electron chi connectivity index (χ3n) is 1.96. The molecule has 0 unspecified atom stereocenters. The molecule has 3 N–H and O–H groups in total. The Morgan fingerprint density at radius 3 is 3.19 bits per heavy atom. The van der Waals surface area contributed by atoms with Crippen LogP contribution >= 0.6 is 12.2 Å². The molecule has 8 heteroatoms. The van der Waals surface area contributed by atoms with Crippen LogP contribution in [0.4, 0.5) is 10.6 Å². The van der Waals surface area contributed by atoms with Gasteiger partial charge in [0.25, 0.3) is 0 Å². The first-order chi connectivity index (χ1) is 7.65. The average Bonchev–Trinajstić information content (AvgIpc) is 2.66. The molecule has 84 valence electrons. The molecule has 0 aliphatic rings. The SMILES string of the molecule is CCOC(=O)n1c(N)c2[nH]cnc2nc1=S. The maximum atomic E-state index is 11.6. The number of nitrogens with zero attached hydrogens (tertiary/aromatic N) is 3. The molecule has 16 heavy (non-hydrogen) atoms. The van der Waals surface area contributed by atoms with E-state index < -0.39 is 6.09 Å². The summed E-state index contributed by atoms with van der Waals surface area (Å²) in [6.45, 7) is 1.93. The number of rotatable bonds is 1. The number of nitrogens with two attached hydrogens (primary N) is 1. The van der Waals surface area contributed by atoms with E-state index in [9.17, 15) is 4.79 Å². The molecule has 0 bridgehead atoms. The highest BCUT2D eigenvalue weighted by molar-refractivity contribution is 7.71. The Morgan fingerprint density at radius 2 is 2.50 bits per heavy atom. The van der Waals surface area contributed by atoms with Crippen LogP contribution in [-0.4, -0.2) is 32.2 Å². The van der Waals surface area contributed by atoms with Crippen molar-refractivity contribution in [3.63, 3.8) is 0 Å². The van der Waals surface area contributed by atoms with Crippen molar-refractivity contribution in [3.05, 3.63) is 11.1 Å². The number of carbonyl (C=O) groups excluding carboxylic acids is 1. The van der Waals surface area contributed by atoms with Gasteiger partial charge in [-0.15, -0.1) is 0 Å². The highest BCUT2D eigenvalue weighted by Crippen LogP contribution is 2.15. The van der Waals surface area contributed by atoms with Gasteiger partial charge in [-0.25, -0.2) is 14.3 Å². The molecule has 0 aliphatic heterocycles. The van der Waals surface area contributed by atoms with Gasteiger partial charge in [-0.3, -0.25) is 0 Å². The first-order valence-electron chi connectivity index (χ1n) is 4.54. The predicted octanol–water partition coefficient (Wildman–Crippen LogP) is 1.08. The van der Waals surface area contributed by atoms with Crippen molar-refractivity contribution in [1.82, 2.24) is 19.5 Å². The summed E-state index contributed by atoms with van der Waals surface area (Å²) < 4.78 is 5.87. The molecule has 0 aliphatic carbocycles. The second kappa shape index (κ2) is 3.89. The van der Waals surface area contributed by atoms with Crippen LogP contribution in [0.15, 0.2) is 6.33 Å². The van der Waals surface area contributed by atoms with E-state index in [4.69, 9.17) is 22.7 Å². The van der Waals surface area contributed by atoms with Crippen molar-refractivity contribution >= 4 is 35.3 Å². The Kier molecular flexibility index (Phi) is 2.57. The second-order valence-corrected chi connectivity index (χ2v) is 3.28. The molecule has 0 fully saturated rings. The third-order valence-corrected chi connectivity index (χ3v) is 2.23. The van der Waals surface area contributed by atoms with E-state index in [0.717, 1.165) is 4.57 Å². The molecule has 0 spiro atoms. The molecule has 2 aromatic heterocycles. The lowest BCUT2D eigenvalue weighted by Gasteiger charge is -2.08. The lowest BCUT2D eigenvalue weighted by molar-refractivity contribution is 0.154. The van der Waals surface area contributed by atoms with Gasteiger partial charge in [0.15, 0.2) is 5.65 Å².